The first-order valence-corrected chi connectivity index (χ1v) is 21.3. The van der Waals surface area contributed by atoms with Crippen molar-refractivity contribution in [3.05, 3.63) is 200 Å². The molecule has 0 amide bonds. The number of hydrogen-bond acceptors (Lipinski definition) is 4. The summed E-state index contributed by atoms with van der Waals surface area (Å²) < 4.78 is 11.5. The third-order valence-electron chi connectivity index (χ3n) is 12.9. The average Bonchev–Trinajstić information content (AvgIpc) is 4.03. The third-order valence-corrected chi connectivity index (χ3v) is 12.9. The fraction of sp³-hybridized carbons (Fsp3) is 0. The first-order valence-electron chi connectivity index (χ1n) is 21.3. The lowest BCUT2D eigenvalue weighted by Crippen LogP contribution is -2.07. The zero-order chi connectivity index (χ0) is 41.2. The van der Waals surface area contributed by atoms with Crippen LogP contribution in [0.3, 0.4) is 0 Å². The maximum Gasteiger partial charge on any atom is 0.238 e. The van der Waals surface area contributed by atoms with E-state index >= 15 is 0 Å². The van der Waals surface area contributed by atoms with Gasteiger partial charge in [0.2, 0.25) is 5.95 Å². The van der Waals surface area contributed by atoms with Crippen LogP contribution >= 0.6 is 0 Å². The molecule has 0 atom stereocenters. The highest BCUT2D eigenvalue weighted by atomic mass is 16.3. The summed E-state index contributed by atoms with van der Waals surface area (Å²) in [7, 11) is 0. The van der Waals surface area contributed by atoms with E-state index in [-0.39, 0.29) is 0 Å². The number of benzene rings is 10. The van der Waals surface area contributed by atoms with Crippen LogP contribution in [0.25, 0.3) is 133 Å². The van der Waals surface area contributed by atoms with Gasteiger partial charge in [0.1, 0.15) is 11.2 Å². The number of fused-ring (bicyclic) bond motifs is 10. The van der Waals surface area contributed by atoms with Gasteiger partial charge in [-0.1, -0.05) is 164 Å². The van der Waals surface area contributed by atoms with Crippen molar-refractivity contribution in [3.63, 3.8) is 0 Å². The largest absolute Gasteiger partial charge is 0.455 e. The molecule has 14 aromatic rings. The highest BCUT2D eigenvalue weighted by molar-refractivity contribution is 6.34. The van der Waals surface area contributed by atoms with Gasteiger partial charge >= 0.3 is 0 Å². The molecule has 0 N–H and O–H groups in total. The second kappa shape index (κ2) is 12.9. The fourth-order valence-electron chi connectivity index (χ4n) is 10.2. The van der Waals surface area contributed by atoms with Gasteiger partial charge in [-0.2, -0.15) is 9.97 Å². The molecule has 63 heavy (non-hydrogen) atoms. The molecule has 6 nitrogen and oxygen atoms in total. The molecule has 4 aromatic heterocycles. The predicted octanol–water partition coefficient (Wildman–Crippen LogP) is 14.7. The van der Waals surface area contributed by atoms with Crippen molar-refractivity contribution in [2.24, 2.45) is 0 Å². The SMILES string of the molecule is c1ccc(-c2cccc(-n3c4ccccc4c4ccc5c6ccccc6n(-c6nc(-c7ccccc7)nc(-c7ccc8c9ccccc9c9cccc%10oc7c8c%109)n6)c5c43)c2)cc1. The minimum Gasteiger partial charge on any atom is -0.455 e. The lowest BCUT2D eigenvalue weighted by Gasteiger charge is -2.14. The summed E-state index contributed by atoms with van der Waals surface area (Å²) in [5.74, 6) is 1.65. The van der Waals surface area contributed by atoms with E-state index in [1.54, 1.807) is 0 Å². The van der Waals surface area contributed by atoms with Gasteiger partial charge in [-0.25, -0.2) is 4.98 Å². The molecule has 0 aliphatic rings. The smallest absolute Gasteiger partial charge is 0.238 e. The quantitative estimate of drug-likeness (QED) is 0.163. The molecular formula is C57H33N5O. The Balaban J connectivity index is 1.11. The van der Waals surface area contributed by atoms with Crippen molar-refractivity contribution in [3.8, 4) is 45.5 Å². The van der Waals surface area contributed by atoms with Crippen molar-refractivity contribution in [2.75, 3.05) is 0 Å². The molecule has 10 aromatic carbocycles. The van der Waals surface area contributed by atoms with Gasteiger partial charge in [0.05, 0.1) is 27.6 Å². The number of para-hydroxylation sites is 2. The van der Waals surface area contributed by atoms with Crippen LogP contribution in [-0.2, 0) is 0 Å². The van der Waals surface area contributed by atoms with Crippen molar-refractivity contribution in [2.45, 2.75) is 0 Å². The van der Waals surface area contributed by atoms with Crippen LogP contribution in [0.2, 0.25) is 0 Å². The zero-order valence-corrected chi connectivity index (χ0v) is 33.7. The second-order valence-corrected chi connectivity index (χ2v) is 16.3. The Kier molecular flexibility index (Phi) is 7.02. The molecule has 0 saturated heterocycles. The molecule has 14 rings (SSSR count). The molecule has 0 radical (unpaired) electrons. The third kappa shape index (κ3) is 4.86. The number of hydrogen-bond donors (Lipinski definition) is 0. The van der Waals surface area contributed by atoms with Gasteiger partial charge in [0.15, 0.2) is 11.6 Å². The van der Waals surface area contributed by atoms with Gasteiger partial charge in [-0.15, -0.1) is 0 Å². The van der Waals surface area contributed by atoms with E-state index in [1.165, 1.54) is 27.1 Å². The van der Waals surface area contributed by atoms with E-state index < -0.39 is 0 Å². The normalized spacial score (nSPS) is 12.1. The summed E-state index contributed by atoms with van der Waals surface area (Å²) in [6.45, 7) is 0. The summed E-state index contributed by atoms with van der Waals surface area (Å²) in [5.41, 5.74) is 10.9. The number of rotatable bonds is 5. The van der Waals surface area contributed by atoms with Crippen LogP contribution in [-0.4, -0.2) is 24.1 Å². The summed E-state index contributed by atoms with van der Waals surface area (Å²) in [6, 6.07) is 70.7. The maximum absolute atomic E-state index is 6.87. The molecule has 0 bridgehead atoms. The van der Waals surface area contributed by atoms with E-state index in [1.807, 2.05) is 18.2 Å². The average molecular weight is 804 g/mol. The summed E-state index contributed by atoms with van der Waals surface area (Å²) >= 11 is 0. The summed E-state index contributed by atoms with van der Waals surface area (Å²) in [6.07, 6.45) is 0. The van der Waals surface area contributed by atoms with Gasteiger partial charge in [0.25, 0.3) is 0 Å². The van der Waals surface area contributed by atoms with Gasteiger partial charge in [0, 0.05) is 43.6 Å². The highest BCUT2D eigenvalue weighted by Crippen LogP contribution is 2.46. The van der Waals surface area contributed by atoms with E-state index in [9.17, 15) is 0 Å². The Morgan fingerprint density at radius 1 is 0.349 bits per heavy atom. The zero-order valence-electron chi connectivity index (χ0n) is 33.7. The van der Waals surface area contributed by atoms with Gasteiger partial charge < -0.3 is 8.98 Å². The number of furan rings is 1. The van der Waals surface area contributed by atoms with E-state index in [0.29, 0.717) is 17.6 Å². The molecule has 0 unspecified atom stereocenters. The predicted molar refractivity (Wildman–Crippen MR) is 258 cm³/mol. The minimum absolute atomic E-state index is 0.527. The van der Waals surface area contributed by atoms with Crippen LogP contribution in [0, 0.1) is 0 Å². The molecule has 0 aliphatic heterocycles. The Morgan fingerprint density at radius 2 is 0.889 bits per heavy atom. The van der Waals surface area contributed by atoms with E-state index in [2.05, 4.69) is 191 Å². The minimum atomic E-state index is 0.527. The van der Waals surface area contributed by atoms with Crippen molar-refractivity contribution in [1.82, 2.24) is 24.1 Å². The lowest BCUT2D eigenvalue weighted by molar-refractivity contribution is 0.670. The summed E-state index contributed by atoms with van der Waals surface area (Å²) in [5, 5.41) is 11.5. The number of nitrogens with zero attached hydrogens (tertiary/aromatic N) is 5. The van der Waals surface area contributed by atoms with Crippen LogP contribution in [0.5, 0.6) is 0 Å². The number of aromatic nitrogens is 5. The van der Waals surface area contributed by atoms with Crippen molar-refractivity contribution >= 4 is 87.1 Å². The van der Waals surface area contributed by atoms with Crippen LogP contribution in [0.1, 0.15) is 0 Å². The first kappa shape index (κ1) is 34.1. The van der Waals surface area contributed by atoms with Crippen LogP contribution < -0.4 is 0 Å². The highest BCUT2D eigenvalue weighted by Gasteiger charge is 2.26. The topological polar surface area (TPSA) is 61.7 Å². The van der Waals surface area contributed by atoms with Crippen molar-refractivity contribution < 1.29 is 4.42 Å². The summed E-state index contributed by atoms with van der Waals surface area (Å²) in [4.78, 5) is 16.2. The Labute approximate surface area is 359 Å². The van der Waals surface area contributed by atoms with E-state index in [4.69, 9.17) is 19.4 Å². The molecule has 292 valence electrons. The monoisotopic (exact) mass is 803 g/mol. The Hall–Kier alpha value is -8.61. The van der Waals surface area contributed by atoms with Crippen LogP contribution in [0.4, 0.5) is 0 Å². The molecule has 6 heteroatoms. The first-order chi connectivity index (χ1) is 31.3. The van der Waals surface area contributed by atoms with Gasteiger partial charge in [-0.05, 0) is 69.1 Å². The molecule has 0 fully saturated rings. The van der Waals surface area contributed by atoms with Crippen LogP contribution in [0.15, 0.2) is 205 Å². The molecule has 0 aliphatic carbocycles. The standard InChI is InChI=1S/C57H33N5O/c1-3-15-34(16-4-1)36-19-13-20-37(33-36)61-47-26-11-9-23-40(47)44-30-31-45-41-24-10-12-27-48(41)62(53(45)52(44)61)57-59-55(35-17-5-2-6-18-35)58-56(60-57)46-32-29-43-39-22-8-7-21-38(39)42-25-14-28-49-50(42)51(43)54(46)63-49/h1-33H. The van der Waals surface area contributed by atoms with E-state index in [0.717, 1.165) is 87.9 Å². The van der Waals surface area contributed by atoms with Gasteiger partial charge in [-0.3, -0.25) is 4.57 Å². The fourth-order valence-corrected chi connectivity index (χ4v) is 10.2. The Morgan fingerprint density at radius 3 is 1.62 bits per heavy atom. The Bertz CT molecular complexity index is 4140. The second-order valence-electron chi connectivity index (χ2n) is 16.3. The maximum atomic E-state index is 6.87. The molecular weight excluding hydrogens is 771 g/mol. The molecule has 0 spiro atoms. The lowest BCUT2D eigenvalue weighted by atomic mass is 9.93. The molecule has 4 heterocycles. The van der Waals surface area contributed by atoms with Crippen molar-refractivity contribution in [1.29, 1.82) is 0 Å². The molecule has 0 saturated carbocycles.